The van der Waals surface area contributed by atoms with Crippen LogP contribution in [0.25, 0.3) is 0 Å². The zero-order chi connectivity index (χ0) is 17.7. The maximum Gasteiger partial charge on any atom is 0.253 e. The van der Waals surface area contributed by atoms with Gasteiger partial charge in [-0.2, -0.15) is 0 Å². The summed E-state index contributed by atoms with van der Waals surface area (Å²) in [5.74, 6) is 0.848. The molecule has 24 heavy (non-hydrogen) atoms. The molecule has 1 aromatic rings. The Morgan fingerprint density at radius 3 is 2.08 bits per heavy atom. The van der Waals surface area contributed by atoms with Crippen molar-refractivity contribution in [3.8, 4) is 0 Å². The number of amides is 1. The number of benzene rings is 1. The lowest BCUT2D eigenvalue weighted by Gasteiger charge is -2.35. The monoisotopic (exact) mass is 331 g/mol. The highest BCUT2D eigenvalue weighted by Crippen LogP contribution is 2.19. The predicted molar refractivity (Wildman–Crippen MR) is 102 cm³/mol. The summed E-state index contributed by atoms with van der Waals surface area (Å²) in [5, 5.41) is 0. The third-order valence-corrected chi connectivity index (χ3v) is 4.69. The summed E-state index contributed by atoms with van der Waals surface area (Å²) in [5.41, 5.74) is 1.99. The number of carbonyl (C=O) groups excluding carboxylic acids is 1. The molecule has 0 bridgehead atoms. The summed E-state index contributed by atoms with van der Waals surface area (Å²) in [4.78, 5) is 19.5. The summed E-state index contributed by atoms with van der Waals surface area (Å²) < 4.78 is 0. The van der Waals surface area contributed by atoms with Crippen LogP contribution in [0.15, 0.2) is 24.3 Å². The van der Waals surface area contributed by atoms with Crippen molar-refractivity contribution in [1.29, 1.82) is 0 Å². The topological polar surface area (TPSA) is 26.8 Å². The largest absolute Gasteiger partial charge is 0.369 e. The molecule has 1 heterocycles. The van der Waals surface area contributed by atoms with Gasteiger partial charge in [0.1, 0.15) is 0 Å². The molecule has 0 aliphatic carbocycles. The summed E-state index contributed by atoms with van der Waals surface area (Å²) >= 11 is 0. The zero-order valence-electron chi connectivity index (χ0n) is 16.0. The van der Waals surface area contributed by atoms with Gasteiger partial charge in [0.25, 0.3) is 5.91 Å². The molecule has 134 valence electrons. The van der Waals surface area contributed by atoms with E-state index >= 15 is 0 Å². The van der Waals surface area contributed by atoms with Gasteiger partial charge < -0.3 is 9.80 Å². The van der Waals surface area contributed by atoms with E-state index in [1.807, 2.05) is 17.0 Å². The molecule has 4 nitrogen and oxygen atoms in total. The SMILES string of the molecule is CCN(c1ccc(C(=O)N2CCN(CC(C)C)CC2)cc1)C(C)C. The molecule has 4 heteroatoms. The number of rotatable bonds is 6. The van der Waals surface area contributed by atoms with Crippen molar-refractivity contribution in [3.05, 3.63) is 29.8 Å². The first-order chi connectivity index (χ1) is 11.4. The average molecular weight is 332 g/mol. The summed E-state index contributed by atoms with van der Waals surface area (Å²) in [6.45, 7) is 16.8. The Bertz CT molecular complexity index is 516. The number of piperazine rings is 1. The number of nitrogens with zero attached hydrogens (tertiary/aromatic N) is 3. The van der Waals surface area contributed by atoms with Crippen LogP contribution in [0, 0.1) is 5.92 Å². The molecule has 1 saturated heterocycles. The first kappa shape index (κ1) is 18.8. The maximum atomic E-state index is 12.7. The Labute approximate surface area is 147 Å². The highest BCUT2D eigenvalue weighted by molar-refractivity contribution is 5.94. The van der Waals surface area contributed by atoms with Crippen molar-refractivity contribution in [2.45, 2.75) is 40.7 Å². The van der Waals surface area contributed by atoms with Crippen molar-refractivity contribution in [2.75, 3.05) is 44.2 Å². The number of hydrogen-bond acceptors (Lipinski definition) is 3. The first-order valence-corrected chi connectivity index (χ1v) is 9.30. The van der Waals surface area contributed by atoms with Crippen LogP contribution in [0.3, 0.4) is 0 Å². The number of anilines is 1. The van der Waals surface area contributed by atoms with Crippen LogP contribution >= 0.6 is 0 Å². The maximum absolute atomic E-state index is 12.7. The second-order valence-corrected chi connectivity index (χ2v) is 7.41. The smallest absolute Gasteiger partial charge is 0.253 e. The summed E-state index contributed by atoms with van der Waals surface area (Å²) in [7, 11) is 0. The fraction of sp³-hybridized carbons (Fsp3) is 0.650. The Balaban J connectivity index is 1.96. The van der Waals surface area contributed by atoms with Crippen LogP contribution in [-0.4, -0.2) is 61.0 Å². The third kappa shape index (κ3) is 4.73. The second kappa shape index (κ2) is 8.52. The molecule has 0 unspecified atom stereocenters. The van der Waals surface area contributed by atoms with E-state index in [4.69, 9.17) is 0 Å². The van der Waals surface area contributed by atoms with E-state index in [1.165, 1.54) is 5.69 Å². The van der Waals surface area contributed by atoms with Crippen molar-refractivity contribution >= 4 is 11.6 Å². The summed E-state index contributed by atoms with van der Waals surface area (Å²) in [6.07, 6.45) is 0. The molecular formula is C20H33N3O. The van der Waals surface area contributed by atoms with Gasteiger partial charge in [-0.05, 0) is 51.0 Å². The van der Waals surface area contributed by atoms with E-state index in [0.29, 0.717) is 12.0 Å². The van der Waals surface area contributed by atoms with E-state index in [-0.39, 0.29) is 5.91 Å². The van der Waals surface area contributed by atoms with Gasteiger partial charge in [-0.25, -0.2) is 0 Å². The van der Waals surface area contributed by atoms with Gasteiger partial charge >= 0.3 is 0 Å². The molecule has 1 aliphatic rings. The number of hydrogen-bond donors (Lipinski definition) is 0. The molecule has 0 N–H and O–H groups in total. The highest BCUT2D eigenvalue weighted by atomic mass is 16.2. The van der Waals surface area contributed by atoms with E-state index in [2.05, 4.69) is 56.6 Å². The molecule has 2 rings (SSSR count). The molecule has 0 aromatic heterocycles. The molecule has 1 aliphatic heterocycles. The Morgan fingerprint density at radius 2 is 1.62 bits per heavy atom. The van der Waals surface area contributed by atoms with Crippen LogP contribution in [0.2, 0.25) is 0 Å². The van der Waals surface area contributed by atoms with E-state index in [0.717, 1.165) is 44.8 Å². The van der Waals surface area contributed by atoms with Gasteiger partial charge in [0.15, 0.2) is 0 Å². The average Bonchev–Trinajstić information content (AvgIpc) is 2.55. The van der Waals surface area contributed by atoms with Gasteiger partial charge in [0, 0.05) is 56.6 Å². The van der Waals surface area contributed by atoms with Gasteiger partial charge in [0.2, 0.25) is 0 Å². The van der Waals surface area contributed by atoms with Gasteiger partial charge in [-0.3, -0.25) is 9.69 Å². The lowest BCUT2D eigenvalue weighted by molar-refractivity contribution is 0.0624. The van der Waals surface area contributed by atoms with E-state index in [9.17, 15) is 4.79 Å². The van der Waals surface area contributed by atoms with E-state index < -0.39 is 0 Å². The zero-order valence-corrected chi connectivity index (χ0v) is 16.0. The minimum atomic E-state index is 0.165. The van der Waals surface area contributed by atoms with Crippen LogP contribution in [0.5, 0.6) is 0 Å². The predicted octanol–water partition coefficient (Wildman–Crippen LogP) is 3.34. The molecule has 0 atom stereocenters. The minimum absolute atomic E-state index is 0.165. The van der Waals surface area contributed by atoms with Gasteiger partial charge in [-0.1, -0.05) is 13.8 Å². The minimum Gasteiger partial charge on any atom is -0.369 e. The quantitative estimate of drug-likeness (QED) is 0.800. The molecule has 1 amide bonds. The third-order valence-electron chi connectivity index (χ3n) is 4.69. The summed E-state index contributed by atoms with van der Waals surface area (Å²) in [6, 6.07) is 8.56. The molecule has 0 radical (unpaired) electrons. The van der Waals surface area contributed by atoms with Crippen LogP contribution in [0.1, 0.15) is 45.0 Å². The van der Waals surface area contributed by atoms with Gasteiger partial charge in [-0.15, -0.1) is 0 Å². The van der Waals surface area contributed by atoms with Crippen LogP contribution in [0.4, 0.5) is 5.69 Å². The Kier molecular flexibility index (Phi) is 6.67. The van der Waals surface area contributed by atoms with Gasteiger partial charge in [0.05, 0.1) is 0 Å². The lowest BCUT2D eigenvalue weighted by atomic mass is 10.1. The normalized spacial score (nSPS) is 16.0. The fourth-order valence-electron chi connectivity index (χ4n) is 3.47. The molecule has 1 fully saturated rings. The van der Waals surface area contributed by atoms with Crippen molar-refractivity contribution in [1.82, 2.24) is 9.80 Å². The Hall–Kier alpha value is -1.55. The van der Waals surface area contributed by atoms with Crippen molar-refractivity contribution in [3.63, 3.8) is 0 Å². The molecular weight excluding hydrogens is 298 g/mol. The lowest BCUT2D eigenvalue weighted by Crippen LogP contribution is -2.49. The second-order valence-electron chi connectivity index (χ2n) is 7.41. The fourth-order valence-corrected chi connectivity index (χ4v) is 3.47. The highest BCUT2D eigenvalue weighted by Gasteiger charge is 2.22. The molecule has 0 saturated carbocycles. The first-order valence-electron chi connectivity index (χ1n) is 9.30. The van der Waals surface area contributed by atoms with Crippen molar-refractivity contribution in [2.24, 2.45) is 5.92 Å². The molecule has 0 spiro atoms. The van der Waals surface area contributed by atoms with Crippen LogP contribution in [-0.2, 0) is 0 Å². The number of carbonyl (C=O) groups is 1. The van der Waals surface area contributed by atoms with E-state index in [1.54, 1.807) is 0 Å². The molecule has 1 aromatic carbocycles. The van der Waals surface area contributed by atoms with Crippen LogP contribution < -0.4 is 4.90 Å². The van der Waals surface area contributed by atoms with Crippen molar-refractivity contribution < 1.29 is 4.79 Å². The Morgan fingerprint density at radius 1 is 1.04 bits per heavy atom. The standard InChI is InChI=1S/C20H33N3O/c1-6-23(17(4)5)19-9-7-18(8-10-19)20(24)22-13-11-21(12-14-22)15-16(2)3/h7-10,16-17H,6,11-15H2,1-5H3.